The maximum Gasteiger partial charge on any atom is 0.248 e. The largest absolute Gasteiger partial charge is 0.416 e. The van der Waals surface area contributed by atoms with Gasteiger partial charge < -0.3 is 13.9 Å². The standard InChI is InChI=1S/C42H30N4O/c1-3-13-29(14-4-1)41-43-44-42(47-41)30-23-25-32(26-24-30)45(31-15-5-2-6-16-31)39-27-28-40(36-18-8-7-17-35(36)39)46-37-21-11-9-19-33(37)34-20-10-12-22-38(34)46/h1-11,13-21,23-28H,12,22H2. The van der Waals surface area contributed by atoms with Gasteiger partial charge >= 0.3 is 0 Å². The quantitative estimate of drug-likeness (QED) is 0.189. The minimum Gasteiger partial charge on any atom is -0.416 e. The van der Waals surface area contributed by atoms with Crippen LogP contribution in [-0.4, -0.2) is 14.8 Å². The lowest BCUT2D eigenvalue weighted by atomic mass is 10.0. The Hall–Kier alpha value is -6.20. The van der Waals surface area contributed by atoms with Gasteiger partial charge in [-0.25, -0.2) is 0 Å². The Morgan fingerprint density at radius 3 is 1.94 bits per heavy atom. The van der Waals surface area contributed by atoms with E-state index in [9.17, 15) is 0 Å². The van der Waals surface area contributed by atoms with Gasteiger partial charge in [0, 0.05) is 49.9 Å². The third-order valence-electron chi connectivity index (χ3n) is 9.04. The van der Waals surface area contributed by atoms with Gasteiger partial charge in [-0.3, -0.25) is 0 Å². The second-order valence-electron chi connectivity index (χ2n) is 11.8. The van der Waals surface area contributed by atoms with E-state index in [-0.39, 0.29) is 0 Å². The van der Waals surface area contributed by atoms with Crippen LogP contribution in [0.15, 0.2) is 156 Å². The molecule has 8 aromatic rings. The highest BCUT2D eigenvalue weighted by atomic mass is 16.4. The maximum atomic E-state index is 6.06. The van der Waals surface area contributed by atoms with E-state index in [1.54, 1.807) is 0 Å². The molecule has 5 nitrogen and oxygen atoms in total. The van der Waals surface area contributed by atoms with Gasteiger partial charge in [-0.2, -0.15) is 0 Å². The topological polar surface area (TPSA) is 47.1 Å². The van der Waals surface area contributed by atoms with Crippen LogP contribution in [0.25, 0.3) is 56.3 Å². The van der Waals surface area contributed by atoms with Gasteiger partial charge in [-0.15, -0.1) is 10.2 Å². The molecule has 0 spiro atoms. The summed E-state index contributed by atoms with van der Waals surface area (Å²) in [5.74, 6) is 1.00. The zero-order valence-electron chi connectivity index (χ0n) is 25.6. The summed E-state index contributed by atoms with van der Waals surface area (Å²) in [4.78, 5) is 2.32. The number of hydrogen-bond donors (Lipinski definition) is 0. The Balaban J connectivity index is 1.18. The second kappa shape index (κ2) is 11.3. The lowest BCUT2D eigenvalue weighted by Gasteiger charge is -2.28. The van der Waals surface area contributed by atoms with Crippen LogP contribution >= 0.6 is 0 Å². The molecule has 0 saturated carbocycles. The summed E-state index contributed by atoms with van der Waals surface area (Å²) < 4.78 is 8.54. The number of allylic oxidation sites excluding steroid dienone is 1. The minimum absolute atomic E-state index is 0.494. The molecule has 1 aliphatic carbocycles. The van der Waals surface area contributed by atoms with Crippen molar-refractivity contribution in [3.63, 3.8) is 0 Å². The van der Waals surface area contributed by atoms with Gasteiger partial charge in [0.2, 0.25) is 11.8 Å². The second-order valence-corrected chi connectivity index (χ2v) is 11.8. The molecule has 224 valence electrons. The highest BCUT2D eigenvalue weighted by molar-refractivity contribution is 6.04. The molecule has 47 heavy (non-hydrogen) atoms. The molecule has 6 aromatic carbocycles. The Kier molecular flexibility index (Phi) is 6.53. The Morgan fingerprint density at radius 1 is 0.553 bits per heavy atom. The molecule has 0 aliphatic heterocycles. The Morgan fingerprint density at radius 2 is 1.17 bits per heavy atom. The van der Waals surface area contributed by atoms with E-state index in [1.807, 2.05) is 30.3 Å². The first kappa shape index (κ1) is 27.1. The summed E-state index contributed by atoms with van der Waals surface area (Å²) >= 11 is 0. The SMILES string of the molecule is C1=Cc2c(n(-c3ccc(N(c4ccccc4)c4ccc(-c5nnc(-c6ccccc6)o5)cc4)c4ccccc34)c3ccccc23)CC1. The molecule has 0 radical (unpaired) electrons. The number of hydrogen-bond acceptors (Lipinski definition) is 4. The highest BCUT2D eigenvalue weighted by Gasteiger charge is 2.22. The number of fused-ring (bicyclic) bond motifs is 4. The van der Waals surface area contributed by atoms with Crippen LogP contribution in [0.4, 0.5) is 17.1 Å². The molecule has 2 aromatic heterocycles. The van der Waals surface area contributed by atoms with E-state index >= 15 is 0 Å². The first-order chi connectivity index (χ1) is 23.3. The van der Waals surface area contributed by atoms with Crippen LogP contribution in [0, 0.1) is 0 Å². The first-order valence-electron chi connectivity index (χ1n) is 16.0. The molecule has 0 atom stereocenters. The van der Waals surface area contributed by atoms with Crippen LogP contribution in [0.2, 0.25) is 0 Å². The third kappa shape index (κ3) is 4.63. The van der Waals surface area contributed by atoms with Crippen LogP contribution in [-0.2, 0) is 6.42 Å². The summed E-state index contributed by atoms with van der Waals surface area (Å²) in [5, 5.41) is 12.3. The monoisotopic (exact) mass is 606 g/mol. The third-order valence-corrected chi connectivity index (χ3v) is 9.04. The summed E-state index contributed by atoms with van der Waals surface area (Å²) in [6.45, 7) is 0. The number of para-hydroxylation sites is 2. The predicted octanol–water partition coefficient (Wildman–Crippen LogP) is 10.9. The van der Waals surface area contributed by atoms with Crippen LogP contribution in [0.3, 0.4) is 0 Å². The molecule has 5 heteroatoms. The van der Waals surface area contributed by atoms with E-state index < -0.39 is 0 Å². The maximum absolute atomic E-state index is 6.06. The minimum atomic E-state index is 0.494. The highest BCUT2D eigenvalue weighted by Crippen LogP contribution is 2.43. The summed E-state index contributed by atoms with van der Waals surface area (Å²) in [6.07, 6.45) is 6.66. The van der Waals surface area contributed by atoms with E-state index in [4.69, 9.17) is 4.42 Å². The summed E-state index contributed by atoms with van der Waals surface area (Å²) in [5.41, 5.74) is 10.2. The smallest absolute Gasteiger partial charge is 0.248 e. The average molecular weight is 607 g/mol. The van der Waals surface area contributed by atoms with Gasteiger partial charge in [-0.1, -0.05) is 91.0 Å². The van der Waals surface area contributed by atoms with Crippen molar-refractivity contribution in [2.75, 3.05) is 4.90 Å². The normalized spacial score (nSPS) is 12.4. The lowest BCUT2D eigenvalue weighted by molar-refractivity contribution is 0.584. The molecular weight excluding hydrogens is 576 g/mol. The van der Waals surface area contributed by atoms with Crippen LogP contribution < -0.4 is 4.90 Å². The van der Waals surface area contributed by atoms with E-state index in [0.29, 0.717) is 11.8 Å². The molecule has 0 N–H and O–H groups in total. The molecule has 2 heterocycles. The fraction of sp³-hybridized carbons (Fsp3) is 0.0476. The molecule has 0 bridgehead atoms. The van der Waals surface area contributed by atoms with Crippen molar-refractivity contribution in [1.82, 2.24) is 14.8 Å². The molecule has 1 aliphatic rings. The zero-order valence-corrected chi connectivity index (χ0v) is 25.6. The fourth-order valence-electron chi connectivity index (χ4n) is 6.90. The van der Waals surface area contributed by atoms with Gasteiger partial charge in [0.1, 0.15) is 0 Å². The molecule has 0 fully saturated rings. The lowest BCUT2D eigenvalue weighted by Crippen LogP contribution is -2.11. The van der Waals surface area contributed by atoms with E-state index in [1.165, 1.54) is 38.6 Å². The van der Waals surface area contributed by atoms with Crippen molar-refractivity contribution in [1.29, 1.82) is 0 Å². The van der Waals surface area contributed by atoms with Crippen LogP contribution in [0.5, 0.6) is 0 Å². The Bertz CT molecular complexity index is 2400. The molecule has 0 unspecified atom stereocenters. The van der Waals surface area contributed by atoms with Crippen molar-refractivity contribution in [3.05, 3.63) is 163 Å². The number of nitrogens with zero attached hydrogens (tertiary/aromatic N) is 4. The van der Waals surface area contributed by atoms with E-state index in [0.717, 1.165) is 41.0 Å². The fourth-order valence-corrected chi connectivity index (χ4v) is 6.90. The van der Waals surface area contributed by atoms with Gasteiger partial charge in [0.15, 0.2) is 0 Å². The molecule has 0 amide bonds. The Labute approximate surface area is 272 Å². The van der Waals surface area contributed by atoms with Crippen molar-refractivity contribution in [3.8, 4) is 28.6 Å². The van der Waals surface area contributed by atoms with Gasteiger partial charge in [0.05, 0.1) is 16.9 Å². The number of benzene rings is 6. The number of anilines is 3. The average Bonchev–Trinajstić information content (AvgIpc) is 3.77. The zero-order chi connectivity index (χ0) is 31.2. The van der Waals surface area contributed by atoms with Crippen molar-refractivity contribution in [2.45, 2.75) is 12.8 Å². The summed E-state index contributed by atoms with van der Waals surface area (Å²) in [7, 11) is 0. The predicted molar refractivity (Wildman–Crippen MR) is 192 cm³/mol. The number of aromatic nitrogens is 3. The van der Waals surface area contributed by atoms with Gasteiger partial charge in [0.25, 0.3) is 0 Å². The van der Waals surface area contributed by atoms with Gasteiger partial charge in [-0.05, 0) is 79.6 Å². The number of rotatable bonds is 6. The molecule has 0 saturated heterocycles. The first-order valence-corrected chi connectivity index (χ1v) is 16.0. The summed E-state index contributed by atoms with van der Waals surface area (Å²) in [6, 6.07) is 50.8. The van der Waals surface area contributed by atoms with Crippen LogP contribution in [0.1, 0.15) is 17.7 Å². The molecular formula is C42H30N4O. The van der Waals surface area contributed by atoms with Crippen molar-refractivity contribution in [2.24, 2.45) is 0 Å². The van der Waals surface area contributed by atoms with Crippen molar-refractivity contribution >= 4 is 44.8 Å². The molecule has 9 rings (SSSR count). The van der Waals surface area contributed by atoms with E-state index in [2.05, 4.69) is 147 Å². The van der Waals surface area contributed by atoms with Crippen molar-refractivity contribution < 1.29 is 4.42 Å².